The summed E-state index contributed by atoms with van der Waals surface area (Å²) in [5.74, 6) is -0.550. The van der Waals surface area contributed by atoms with E-state index in [1.54, 1.807) is 60.2 Å². The average molecular weight is 799 g/mol. The van der Waals surface area contributed by atoms with Gasteiger partial charge in [0.25, 0.3) is 0 Å². The first-order chi connectivity index (χ1) is 27.5. The van der Waals surface area contributed by atoms with Gasteiger partial charge in [-0.15, -0.1) is 0 Å². The van der Waals surface area contributed by atoms with Crippen molar-refractivity contribution in [2.45, 2.75) is 96.3 Å². The first-order valence-corrected chi connectivity index (χ1v) is 19.0. The molecule has 2 N–H and O–H groups in total. The van der Waals surface area contributed by atoms with Gasteiger partial charge in [-0.05, 0) is 77.4 Å². The molecule has 0 bridgehead atoms. The van der Waals surface area contributed by atoms with E-state index in [1.807, 2.05) is 42.5 Å². The summed E-state index contributed by atoms with van der Waals surface area (Å²) in [4.78, 5) is 59.4. The molecule has 3 aliphatic heterocycles. The quantitative estimate of drug-likeness (QED) is 0.181. The first kappa shape index (κ1) is 39.9. The molecule has 0 unspecified atom stereocenters. The third-order valence-corrected chi connectivity index (χ3v) is 9.79. The van der Waals surface area contributed by atoms with Gasteiger partial charge >= 0.3 is 24.1 Å². The van der Waals surface area contributed by atoms with Gasteiger partial charge < -0.3 is 38.3 Å². The van der Waals surface area contributed by atoms with Crippen LogP contribution in [-0.2, 0) is 25.5 Å². The number of nitrogens with zero attached hydrogens (tertiary/aromatic N) is 4. The Labute approximate surface area is 333 Å². The molecule has 4 atom stereocenters. The highest BCUT2D eigenvalue weighted by Crippen LogP contribution is 2.38. The minimum absolute atomic E-state index is 0.104. The number of hydrogen-bond donors (Lipinski definition) is 2. The summed E-state index contributed by atoms with van der Waals surface area (Å²) in [6.45, 7) is 11.3. The van der Waals surface area contributed by atoms with E-state index in [4.69, 9.17) is 28.1 Å². The highest BCUT2D eigenvalue weighted by atomic mass is 16.6. The lowest BCUT2D eigenvalue weighted by molar-refractivity contribution is -0.142. The van der Waals surface area contributed by atoms with Gasteiger partial charge in [-0.2, -0.15) is 0 Å². The fraction of sp³-hybridized carbons (Fsp3) is 0.429. The van der Waals surface area contributed by atoms with Crippen LogP contribution in [-0.4, -0.2) is 109 Å². The van der Waals surface area contributed by atoms with Crippen LogP contribution in [0.4, 0.5) is 9.59 Å². The molecule has 2 amide bonds. The molecule has 5 aromatic rings. The molecule has 3 aliphatic rings. The number of carbonyl (C=O) groups is 4. The van der Waals surface area contributed by atoms with Crippen molar-refractivity contribution in [1.29, 1.82) is 0 Å². The van der Waals surface area contributed by atoms with E-state index < -0.39 is 59.6 Å². The number of aromatic nitrogens is 2. The lowest BCUT2D eigenvalue weighted by Gasteiger charge is -2.26. The van der Waals surface area contributed by atoms with Crippen LogP contribution in [0, 0.1) is 0 Å². The van der Waals surface area contributed by atoms with Crippen molar-refractivity contribution in [3.8, 4) is 17.5 Å². The minimum Gasteiger partial charge on any atom is -0.492 e. The SMILES string of the molecule is CC(C)(C)OC(=O)N1C[C@H](Oc2nccc3c2ccc2ccoc23)C[C@H]1C(=O)O.CC(C)(C)OC(=O)N1C[C@H](Oc2nccc3c4c(ccc23)CCO4)C[C@H]1C(=O)O. The molecule has 58 heavy (non-hydrogen) atoms. The van der Waals surface area contributed by atoms with Crippen LogP contribution in [0.3, 0.4) is 0 Å². The van der Waals surface area contributed by atoms with Crippen LogP contribution in [0.15, 0.2) is 65.5 Å². The smallest absolute Gasteiger partial charge is 0.411 e. The molecule has 8 rings (SSSR count). The summed E-state index contributed by atoms with van der Waals surface area (Å²) in [6.07, 6.45) is 3.72. The zero-order chi connectivity index (χ0) is 41.5. The number of amides is 2. The number of rotatable bonds is 6. The topological polar surface area (TPSA) is 200 Å². The Morgan fingerprint density at radius 3 is 1.74 bits per heavy atom. The molecule has 0 radical (unpaired) electrons. The Balaban J connectivity index is 0.000000177. The molecule has 16 heteroatoms. The Hall–Kier alpha value is -6.32. The number of hydrogen-bond acceptors (Lipinski definition) is 12. The molecule has 306 valence electrons. The first-order valence-electron chi connectivity index (χ1n) is 19.0. The van der Waals surface area contributed by atoms with Crippen LogP contribution < -0.4 is 14.2 Å². The van der Waals surface area contributed by atoms with Crippen LogP contribution >= 0.6 is 0 Å². The minimum atomic E-state index is -1.09. The van der Waals surface area contributed by atoms with Crippen molar-refractivity contribution in [3.63, 3.8) is 0 Å². The maximum Gasteiger partial charge on any atom is 0.411 e. The number of furan rings is 1. The summed E-state index contributed by atoms with van der Waals surface area (Å²) < 4.78 is 34.1. The number of pyridine rings is 2. The molecule has 2 fully saturated rings. The van der Waals surface area contributed by atoms with Gasteiger partial charge in [-0.1, -0.05) is 12.1 Å². The Morgan fingerprint density at radius 1 is 0.690 bits per heavy atom. The lowest BCUT2D eigenvalue weighted by Crippen LogP contribution is -2.43. The Bertz CT molecular complexity index is 2380. The van der Waals surface area contributed by atoms with Gasteiger partial charge in [-0.3, -0.25) is 9.80 Å². The highest BCUT2D eigenvalue weighted by molar-refractivity contribution is 6.05. The van der Waals surface area contributed by atoms with Crippen LogP contribution in [0.5, 0.6) is 17.5 Å². The summed E-state index contributed by atoms with van der Waals surface area (Å²) in [5.41, 5.74) is 0.457. The lowest BCUT2D eigenvalue weighted by atomic mass is 10.1. The molecule has 2 saturated heterocycles. The number of carboxylic acid groups (broad SMARTS) is 2. The summed E-state index contributed by atoms with van der Waals surface area (Å²) in [5, 5.41) is 23.4. The number of likely N-dealkylation sites (tertiary alicyclic amines) is 2. The van der Waals surface area contributed by atoms with Gasteiger partial charge in [0, 0.05) is 58.6 Å². The van der Waals surface area contributed by atoms with Crippen molar-refractivity contribution >= 4 is 56.6 Å². The van der Waals surface area contributed by atoms with Crippen molar-refractivity contribution in [1.82, 2.24) is 19.8 Å². The van der Waals surface area contributed by atoms with Crippen LogP contribution in [0.2, 0.25) is 0 Å². The highest BCUT2D eigenvalue weighted by Gasteiger charge is 2.44. The van der Waals surface area contributed by atoms with E-state index in [1.165, 1.54) is 9.80 Å². The zero-order valence-corrected chi connectivity index (χ0v) is 33.1. The molecule has 16 nitrogen and oxygen atoms in total. The van der Waals surface area contributed by atoms with Gasteiger partial charge in [0.1, 0.15) is 46.8 Å². The summed E-state index contributed by atoms with van der Waals surface area (Å²) >= 11 is 0. The van der Waals surface area contributed by atoms with Gasteiger partial charge in [0.05, 0.1) is 26.0 Å². The van der Waals surface area contributed by atoms with Gasteiger partial charge in [-0.25, -0.2) is 29.1 Å². The van der Waals surface area contributed by atoms with E-state index in [0.29, 0.717) is 18.4 Å². The standard InChI is InChI=1S/C21H24N2O6.C21H22N2O6/c2*1-21(2,3)29-20(26)23-11-13(10-16(23)19(24)25)28-18-15-5-4-12-7-9-27-17(12)14(15)6-8-22-18/h4-6,8,13,16H,7,9-11H2,1-3H3,(H,24,25);4-9,13,16H,10-11H2,1-3H3,(H,24,25)/t2*13-,16+/m11/s1. The number of carboxylic acids is 2. The summed E-state index contributed by atoms with van der Waals surface area (Å²) in [7, 11) is 0. The van der Waals surface area contributed by atoms with Crippen molar-refractivity contribution in [2.24, 2.45) is 0 Å². The van der Waals surface area contributed by atoms with E-state index in [0.717, 1.165) is 50.2 Å². The molecule has 0 spiro atoms. The van der Waals surface area contributed by atoms with Crippen LogP contribution in [0.1, 0.15) is 59.9 Å². The molecule has 0 saturated carbocycles. The predicted octanol–water partition coefficient (Wildman–Crippen LogP) is 6.83. The normalized spacial score (nSPS) is 20.3. The second-order valence-corrected chi connectivity index (χ2v) is 16.4. The third kappa shape index (κ3) is 8.50. The largest absolute Gasteiger partial charge is 0.492 e. The van der Waals surface area contributed by atoms with Gasteiger partial charge in [0.15, 0.2) is 0 Å². The third-order valence-electron chi connectivity index (χ3n) is 9.79. The van der Waals surface area contributed by atoms with Gasteiger partial charge in [0.2, 0.25) is 11.8 Å². The van der Waals surface area contributed by atoms with E-state index >= 15 is 0 Å². The molecular formula is C42H46N4O12. The fourth-order valence-electron chi connectivity index (χ4n) is 7.31. The van der Waals surface area contributed by atoms with Crippen molar-refractivity contribution in [2.75, 3.05) is 19.7 Å². The Kier molecular flexibility index (Phi) is 10.7. The van der Waals surface area contributed by atoms with E-state index in [2.05, 4.69) is 9.97 Å². The zero-order valence-electron chi connectivity index (χ0n) is 33.1. The maximum atomic E-state index is 12.5. The average Bonchev–Trinajstić information content (AvgIpc) is 3.96. The molecular weight excluding hydrogens is 752 g/mol. The number of ether oxygens (including phenoxy) is 5. The van der Waals surface area contributed by atoms with Crippen molar-refractivity contribution < 1.29 is 57.5 Å². The van der Waals surface area contributed by atoms with E-state index in [9.17, 15) is 29.4 Å². The fourth-order valence-corrected chi connectivity index (χ4v) is 7.31. The molecule has 6 heterocycles. The monoisotopic (exact) mass is 798 g/mol. The predicted molar refractivity (Wildman–Crippen MR) is 209 cm³/mol. The molecule has 2 aromatic carbocycles. The molecule has 3 aromatic heterocycles. The number of benzene rings is 2. The number of fused-ring (bicyclic) bond motifs is 6. The number of carbonyl (C=O) groups excluding carboxylic acids is 2. The summed E-state index contributed by atoms with van der Waals surface area (Å²) in [6, 6.07) is 11.3. The molecule has 0 aliphatic carbocycles. The second-order valence-electron chi connectivity index (χ2n) is 16.4. The maximum absolute atomic E-state index is 12.5. The van der Waals surface area contributed by atoms with Crippen LogP contribution in [0.25, 0.3) is 32.5 Å². The van der Waals surface area contributed by atoms with Crippen molar-refractivity contribution in [3.05, 3.63) is 66.7 Å². The second kappa shape index (κ2) is 15.6. The Morgan fingerprint density at radius 2 is 1.21 bits per heavy atom. The van der Waals surface area contributed by atoms with E-state index in [-0.39, 0.29) is 25.9 Å². The number of aliphatic carboxylic acids is 2.